The highest BCUT2D eigenvalue weighted by atomic mass is 33.1. The van der Waals surface area contributed by atoms with Gasteiger partial charge in [-0.2, -0.15) is 0 Å². The molecule has 0 heterocycles. The van der Waals surface area contributed by atoms with Gasteiger partial charge in [-0.1, -0.05) is 92.9 Å². The van der Waals surface area contributed by atoms with Crippen LogP contribution in [0, 0.1) is 0 Å². The molecule has 0 aromatic carbocycles. The van der Waals surface area contributed by atoms with E-state index < -0.39 is 0 Å². The van der Waals surface area contributed by atoms with Crippen molar-refractivity contribution in [2.45, 2.75) is 71.1 Å². The standard InChI is InChI=1S/C17H32O2S2/c1-3-5-6-7-8-9-10-11-12-13-15-20-21-16-14-19-17(18)4-2/h4H,2-3,5-16H2,1H3. The summed E-state index contributed by atoms with van der Waals surface area (Å²) in [5, 5.41) is 0. The average Bonchev–Trinajstić information content (AvgIpc) is 2.50. The molecule has 0 unspecified atom stereocenters. The number of hydrogen-bond acceptors (Lipinski definition) is 4. The topological polar surface area (TPSA) is 26.3 Å². The van der Waals surface area contributed by atoms with E-state index in [-0.39, 0.29) is 5.97 Å². The first-order valence-electron chi connectivity index (χ1n) is 8.34. The van der Waals surface area contributed by atoms with Crippen LogP contribution in [0.3, 0.4) is 0 Å². The molecule has 2 nitrogen and oxygen atoms in total. The predicted molar refractivity (Wildman–Crippen MR) is 97.9 cm³/mol. The molecule has 0 rings (SSSR count). The maximum absolute atomic E-state index is 10.8. The van der Waals surface area contributed by atoms with Crippen molar-refractivity contribution in [2.75, 3.05) is 18.1 Å². The van der Waals surface area contributed by atoms with Gasteiger partial charge in [0.25, 0.3) is 0 Å². The molecule has 0 bridgehead atoms. The Bertz CT molecular complexity index is 245. The number of carbonyl (C=O) groups is 1. The van der Waals surface area contributed by atoms with Crippen LogP contribution in [-0.2, 0) is 9.53 Å². The molecule has 0 aromatic heterocycles. The highest BCUT2D eigenvalue weighted by Gasteiger charge is 1.96. The summed E-state index contributed by atoms with van der Waals surface area (Å²) in [6, 6.07) is 0. The largest absolute Gasteiger partial charge is 0.462 e. The lowest BCUT2D eigenvalue weighted by Gasteiger charge is -2.03. The summed E-state index contributed by atoms with van der Waals surface area (Å²) in [5.41, 5.74) is 0. The van der Waals surface area contributed by atoms with Crippen molar-refractivity contribution >= 4 is 27.6 Å². The van der Waals surface area contributed by atoms with E-state index in [0.717, 1.165) is 5.75 Å². The van der Waals surface area contributed by atoms with E-state index in [1.165, 1.54) is 76.0 Å². The third-order valence-electron chi connectivity index (χ3n) is 3.24. The molecule has 0 saturated carbocycles. The first kappa shape index (κ1) is 20.9. The molecule has 0 aliphatic rings. The van der Waals surface area contributed by atoms with Gasteiger partial charge in [-0.15, -0.1) is 0 Å². The van der Waals surface area contributed by atoms with Crippen LogP contribution in [0.2, 0.25) is 0 Å². The minimum Gasteiger partial charge on any atom is -0.462 e. The van der Waals surface area contributed by atoms with Crippen molar-refractivity contribution < 1.29 is 9.53 Å². The average molecular weight is 333 g/mol. The van der Waals surface area contributed by atoms with Crippen LogP contribution in [0.4, 0.5) is 0 Å². The number of esters is 1. The van der Waals surface area contributed by atoms with Gasteiger partial charge in [-0.25, -0.2) is 4.79 Å². The molecule has 0 aromatic rings. The van der Waals surface area contributed by atoms with E-state index in [9.17, 15) is 4.79 Å². The van der Waals surface area contributed by atoms with E-state index in [1.54, 1.807) is 10.8 Å². The third-order valence-corrected chi connectivity index (χ3v) is 5.70. The zero-order valence-electron chi connectivity index (χ0n) is 13.6. The first-order valence-corrected chi connectivity index (χ1v) is 10.8. The van der Waals surface area contributed by atoms with Crippen LogP contribution in [0.15, 0.2) is 12.7 Å². The van der Waals surface area contributed by atoms with Crippen molar-refractivity contribution in [3.63, 3.8) is 0 Å². The fraction of sp³-hybridized carbons (Fsp3) is 0.824. The Morgan fingerprint density at radius 2 is 1.43 bits per heavy atom. The normalized spacial score (nSPS) is 10.5. The number of hydrogen-bond donors (Lipinski definition) is 0. The molecule has 124 valence electrons. The lowest BCUT2D eigenvalue weighted by molar-refractivity contribution is -0.137. The summed E-state index contributed by atoms with van der Waals surface area (Å²) in [4.78, 5) is 10.8. The Morgan fingerprint density at radius 3 is 2.00 bits per heavy atom. The molecule has 0 saturated heterocycles. The van der Waals surface area contributed by atoms with Crippen LogP contribution in [0.5, 0.6) is 0 Å². The first-order chi connectivity index (χ1) is 10.3. The van der Waals surface area contributed by atoms with Gasteiger partial charge in [0.2, 0.25) is 0 Å². The molecule has 0 amide bonds. The quantitative estimate of drug-likeness (QED) is 0.149. The highest BCUT2D eigenvalue weighted by Crippen LogP contribution is 2.22. The van der Waals surface area contributed by atoms with Crippen LogP contribution in [0.25, 0.3) is 0 Å². The monoisotopic (exact) mass is 332 g/mol. The van der Waals surface area contributed by atoms with Crippen molar-refractivity contribution in [1.29, 1.82) is 0 Å². The minimum absolute atomic E-state index is 0.324. The fourth-order valence-corrected chi connectivity index (χ4v) is 3.98. The van der Waals surface area contributed by atoms with Crippen molar-refractivity contribution in [1.82, 2.24) is 0 Å². The predicted octanol–water partition coefficient (Wildman–Crippen LogP) is 6.02. The zero-order chi connectivity index (χ0) is 15.6. The summed E-state index contributed by atoms with van der Waals surface area (Å²) >= 11 is 0. The number of carbonyl (C=O) groups excluding carboxylic acids is 1. The van der Waals surface area contributed by atoms with Crippen LogP contribution in [0.1, 0.15) is 71.1 Å². The lowest BCUT2D eigenvalue weighted by Crippen LogP contribution is -2.02. The Labute approximate surface area is 139 Å². The van der Waals surface area contributed by atoms with E-state index in [4.69, 9.17) is 4.74 Å². The molecule has 0 aliphatic heterocycles. The molecule has 0 aliphatic carbocycles. The summed E-state index contributed by atoms with van der Waals surface area (Å²) in [7, 11) is 3.68. The fourth-order valence-electron chi connectivity index (χ4n) is 2.00. The summed E-state index contributed by atoms with van der Waals surface area (Å²) in [5.74, 6) is 1.74. The van der Waals surface area contributed by atoms with Gasteiger partial charge in [-0.3, -0.25) is 0 Å². The van der Waals surface area contributed by atoms with Crippen LogP contribution >= 0.6 is 21.6 Å². The number of unbranched alkanes of at least 4 members (excludes halogenated alkanes) is 9. The van der Waals surface area contributed by atoms with E-state index in [2.05, 4.69) is 13.5 Å². The second kappa shape index (κ2) is 18.0. The van der Waals surface area contributed by atoms with Crippen molar-refractivity contribution in [3.8, 4) is 0 Å². The number of rotatable bonds is 16. The van der Waals surface area contributed by atoms with Gasteiger partial charge in [0, 0.05) is 17.6 Å². The Balaban J connectivity index is 2.99. The molecule has 0 N–H and O–H groups in total. The van der Waals surface area contributed by atoms with E-state index in [0.29, 0.717) is 6.61 Å². The Morgan fingerprint density at radius 1 is 0.905 bits per heavy atom. The van der Waals surface area contributed by atoms with Crippen LogP contribution < -0.4 is 0 Å². The van der Waals surface area contributed by atoms with E-state index in [1.807, 2.05) is 10.8 Å². The van der Waals surface area contributed by atoms with Gasteiger partial charge in [0.05, 0.1) is 0 Å². The Hall–Kier alpha value is -0.0900. The molecular weight excluding hydrogens is 300 g/mol. The van der Waals surface area contributed by atoms with Gasteiger partial charge >= 0.3 is 5.97 Å². The molecule has 21 heavy (non-hydrogen) atoms. The molecular formula is C17H32O2S2. The molecule has 0 spiro atoms. The zero-order valence-corrected chi connectivity index (χ0v) is 15.2. The van der Waals surface area contributed by atoms with Crippen molar-refractivity contribution in [2.24, 2.45) is 0 Å². The van der Waals surface area contributed by atoms with Crippen molar-refractivity contribution in [3.05, 3.63) is 12.7 Å². The SMILES string of the molecule is C=CC(=O)OCCSSCCCCCCCCCCCC. The molecule has 0 fully saturated rings. The van der Waals surface area contributed by atoms with Gasteiger partial charge in [-0.05, 0) is 6.42 Å². The van der Waals surface area contributed by atoms with Crippen LogP contribution in [-0.4, -0.2) is 24.1 Å². The second-order valence-corrected chi connectivity index (χ2v) is 7.90. The maximum Gasteiger partial charge on any atom is 0.330 e. The van der Waals surface area contributed by atoms with Gasteiger partial charge in [0.15, 0.2) is 0 Å². The third kappa shape index (κ3) is 17.9. The smallest absolute Gasteiger partial charge is 0.330 e. The van der Waals surface area contributed by atoms with Gasteiger partial charge in [0.1, 0.15) is 6.61 Å². The van der Waals surface area contributed by atoms with E-state index >= 15 is 0 Å². The highest BCUT2D eigenvalue weighted by molar-refractivity contribution is 8.76. The van der Waals surface area contributed by atoms with Gasteiger partial charge < -0.3 is 4.74 Å². The Kier molecular flexibility index (Phi) is 17.9. The molecule has 0 radical (unpaired) electrons. The number of ether oxygens (including phenoxy) is 1. The molecule has 4 heteroatoms. The summed E-state index contributed by atoms with van der Waals surface area (Å²) in [6.07, 6.45) is 15.1. The lowest BCUT2D eigenvalue weighted by atomic mass is 10.1. The minimum atomic E-state index is -0.324. The molecule has 0 atom stereocenters. The second-order valence-electron chi connectivity index (χ2n) is 5.20. The summed E-state index contributed by atoms with van der Waals surface area (Å²) < 4.78 is 4.91. The summed E-state index contributed by atoms with van der Waals surface area (Å²) in [6.45, 7) is 6.12. The maximum atomic E-state index is 10.8.